The molecule has 0 amide bonds. The minimum atomic E-state index is -0.226. The molecule has 2 aliphatic carbocycles. The first-order valence-electron chi connectivity index (χ1n) is 9.77. The van der Waals surface area contributed by atoms with Gasteiger partial charge in [0.2, 0.25) is 0 Å². The van der Waals surface area contributed by atoms with Gasteiger partial charge in [-0.15, -0.1) is 0 Å². The Kier molecular flexibility index (Phi) is 35.6. The summed E-state index contributed by atoms with van der Waals surface area (Å²) in [6.07, 6.45) is 28.0. The molecule has 6 heteroatoms. The molecule has 0 aromatic carbocycles. The molecule has 2 rings (SSSR count). The van der Waals surface area contributed by atoms with Crippen LogP contribution in [0.2, 0.25) is 0 Å². The topological polar surface area (TPSA) is 6.48 Å². The number of likely N-dealkylation sites (N-methyl/N-ethyl adjacent to an activating group) is 2. The molecular weight excluding hydrogens is 569 g/mol. The van der Waals surface area contributed by atoms with Crippen LogP contribution in [0, 0.1) is 0 Å². The van der Waals surface area contributed by atoms with Crippen LogP contribution in [0.5, 0.6) is 0 Å². The smallest absolute Gasteiger partial charge is 0 e. The Hall–Kier alpha value is 0.707. The second-order valence-corrected chi connectivity index (χ2v) is 9.34. The van der Waals surface area contributed by atoms with Crippen molar-refractivity contribution in [2.24, 2.45) is 0 Å². The number of hydrogen-bond donors (Lipinski definition) is 0. The maximum atomic E-state index is 4.83. The Bertz CT molecular complexity index is 308. The van der Waals surface area contributed by atoms with Gasteiger partial charge in [0.25, 0.3) is 0 Å². The standard InChI is InChI=1S/2C8H12.C6H16N2.2ClH.2Rh/c2*1-2-4-6-8-7-5-3-1;1-7(2)5-6-8(3)4;;;;/h2*1-2,7-8H,3-6H2;5-6H2,1-4H3;2*1H;;/q;;;;;;+1/p-2. The summed E-state index contributed by atoms with van der Waals surface area (Å²) in [4.78, 5) is 4.36. The second-order valence-electron chi connectivity index (χ2n) is 6.85. The van der Waals surface area contributed by atoms with Crippen LogP contribution in [0.15, 0.2) is 48.6 Å². The van der Waals surface area contributed by atoms with E-state index in [1.807, 2.05) is 0 Å². The fourth-order valence-corrected chi connectivity index (χ4v) is 2.11. The number of nitrogens with zero attached hydrogens (tertiary/aromatic N) is 2. The molecule has 0 N–H and O–H groups in total. The molecule has 2 nitrogen and oxygen atoms in total. The van der Waals surface area contributed by atoms with Crippen LogP contribution in [-0.4, -0.2) is 51.1 Å². The van der Waals surface area contributed by atoms with Crippen molar-refractivity contribution >= 4 is 19.4 Å². The van der Waals surface area contributed by atoms with Crippen molar-refractivity contribution < 1.29 is 34.6 Å². The predicted molar refractivity (Wildman–Crippen MR) is 122 cm³/mol. The Labute approximate surface area is 203 Å². The molecule has 0 spiro atoms. The predicted octanol–water partition coefficient (Wildman–Crippen LogP) is 6.83. The van der Waals surface area contributed by atoms with E-state index in [0.29, 0.717) is 0 Å². The van der Waals surface area contributed by atoms with Gasteiger partial charge in [-0.05, 0) is 79.6 Å². The number of hydrogen-bond acceptors (Lipinski definition) is 2. The van der Waals surface area contributed by atoms with Gasteiger partial charge in [0.05, 0.1) is 0 Å². The average molecular weight is 609 g/mol. The van der Waals surface area contributed by atoms with Gasteiger partial charge in [0.1, 0.15) is 0 Å². The molecule has 0 unspecified atom stereocenters. The summed E-state index contributed by atoms with van der Waals surface area (Å²) in [7, 11) is 18.0. The van der Waals surface area contributed by atoms with Crippen LogP contribution in [0.1, 0.15) is 51.4 Å². The minimum absolute atomic E-state index is 0. The summed E-state index contributed by atoms with van der Waals surface area (Å²) >= 11 is -0.226. The first-order valence-corrected chi connectivity index (χ1v) is 14.0. The van der Waals surface area contributed by atoms with E-state index in [1.54, 1.807) is 0 Å². The van der Waals surface area contributed by atoms with E-state index in [-0.39, 0.29) is 34.6 Å². The van der Waals surface area contributed by atoms with Gasteiger partial charge >= 0.3 is 34.5 Å². The van der Waals surface area contributed by atoms with E-state index in [0.717, 1.165) is 13.1 Å². The molecule has 0 bridgehead atoms. The first-order chi connectivity index (χ1) is 13.0. The van der Waals surface area contributed by atoms with E-state index in [1.165, 1.54) is 51.4 Å². The van der Waals surface area contributed by atoms with E-state index >= 15 is 0 Å². The Morgan fingerprint density at radius 2 is 0.679 bits per heavy atom. The number of halogens is 2. The summed E-state index contributed by atoms with van der Waals surface area (Å²) in [5.41, 5.74) is 0. The molecule has 0 fully saturated rings. The Morgan fingerprint density at radius 1 is 0.536 bits per heavy atom. The molecule has 2 aliphatic rings. The molecule has 0 aromatic heterocycles. The molecule has 1 radical (unpaired) electrons. The second kappa shape index (κ2) is 29.9. The van der Waals surface area contributed by atoms with Crippen molar-refractivity contribution in [3.8, 4) is 0 Å². The van der Waals surface area contributed by atoms with Gasteiger partial charge in [-0.1, -0.05) is 48.6 Å². The maximum absolute atomic E-state index is 4.83. The molecule has 171 valence electrons. The van der Waals surface area contributed by atoms with Crippen molar-refractivity contribution in [3.63, 3.8) is 0 Å². The van der Waals surface area contributed by atoms with Crippen molar-refractivity contribution in [3.05, 3.63) is 48.6 Å². The molecule has 0 aliphatic heterocycles. The van der Waals surface area contributed by atoms with Gasteiger partial charge in [0.15, 0.2) is 0 Å². The van der Waals surface area contributed by atoms with E-state index in [9.17, 15) is 0 Å². The van der Waals surface area contributed by atoms with E-state index in [4.69, 9.17) is 19.4 Å². The zero-order valence-electron chi connectivity index (χ0n) is 18.0. The summed E-state index contributed by atoms with van der Waals surface area (Å²) in [5, 5.41) is 0. The maximum Gasteiger partial charge on any atom is 0 e. The van der Waals surface area contributed by atoms with Gasteiger partial charge in [-0.3, -0.25) is 0 Å². The summed E-state index contributed by atoms with van der Waals surface area (Å²) in [6.45, 7) is 2.29. The summed E-state index contributed by atoms with van der Waals surface area (Å²) in [5.74, 6) is 0. The van der Waals surface area contributed by atoms with Crippen LogP contribution in [0.25, 0.3) is 0 Å². The normalized spacial score (nSPS) is 15.4. The van der Waals surface area contributed by atoms with Gasteiger partial charge in [0, 0.05) is 32.6 Å². The third-order valence-electron chi connectivity index (χ3n) is 3.66. The van der Waals surface area contributed by atoms with Crippen LogP contribution in [0.3, 0.4) is 0 Å². The molecule has 0 aromatic rings. The van der Waals surface area contributed by atoms with Crippen LogP contribution in [-0.2, 0) is 34.6 Å². The van der Waals surface area contributed by atoms with E-state index in [2.05, 4.69) is 86.6 Å². The molecular formula is C22H40Cl2N2Rh2-. The quantitative estimate of drug-likeness (QED) is 0.256. The SMILES string of the molecule is C1=CCCC=CCC1.C1=CCCC=CCC1.CN(C)CCN(C)C.[Cl][Rh-][Cl].[Rh]. The largest absolute Gasteiger partial charge is 0 e. The van der Waals surface area contributed by atoms with Gasteiger partial charge < -0.3 is 9.80 Å². The number of rotatable bonds is 3. The molecule has 0 saturated carbocycles. The van der Waals surface area contributed by atoms with E-state index < -0.39 is 0 Å². The Balaban J connectivity index is -0.000000307. The van der Waals surface area contributed by atoms with Crippen molar-refractivity contribution in [2.75, 3.05) is 41.3 Å². The zero-order chi connectivity index (χ0) is 20.6. The fraction of sp³-hybridized carbons (Fsp3) is 0.636. The van der Waals surface area contributed by atoms with Crippen molar-refractivity contribution in [1.29, 1.82) is 0 Å². The molecule has 28 heavy (non-hydrogen) atoms. The molecule has 0 heterocycles. The molecule has 0 atom stereocenters. The summed E-state index contributed by atoms with van der Waals surface area (Å²) < 4.78 is 0. The van der Waals surface area contributed by atoms with Crippen LogP contribution in [0.4, 0.5) is 0 Å². The van der Waals surface area contributed by atoms with Gasteiger partial charge in [-0.25, -0.2) is 0 Å². The number of allylic oxidation sites excluding steroid dienone is 8. The van der Waals surface area contributed by atoms with Crippen molar-refractivity contribution in [2.45, 2.75) is 51.4 Å². The van der Waals surface area contributed by atoms with Crippen LogP contribution < -0.4 is 0 Å². The van der Waals surface area contributed by atoms with Crippen LogP contribution >= 0.6 is 19.4 Å². The average Bonchev–Trinajstić information content (AvgIpc) is 2.53. The van der Waals surface area contributed by atoms with Gasteiger partial charge in [-0.2, -0.15) is 0 Å². The fourth-order valence-electron chi connectivity index (χ4n) is 2.11. The summed E-state index contributed by atoms with van der Waals surface area (Å²) in [6, 6.07) is 0. The first kappa shape index (κ1) is 33.3. The third kappa shape index (κ3) is 37.5. The molecule has 0 saturated heterocycles. The minimum Gasteiger partial charge on any atom is 0 e. The monoisotopic (exact) mass is 608 g/mol. The third-order valence-corrected chi connectivity index (χ3v) is 3.66. The Morgan fingerprint density at radius 3 is 0.786 bits per heavy atom. The zero-order valence-corrected chi connectivity index (χ0v) is 22.8. The van der Waals surface area contributed by atoms with Crippen molar-refractivity contribution in [1.82, 2.24) is 9.80 Å².